The van der Waals surface area contributed by atoms with Gasteiger partial charge >= 0.3 is 0 Å². The van der Waals surface area contributed by atoms with Crippen molar-refractivity contribution in [2.45, 2.75) is 70.7 Å². The molecule has 1 fully saturated rings. The second-order valence-corrected chi connectivity index (χ2v) is 10.0. The quantitative estimate of drug-likeness (QED) is 0.515. The standard InChI is InChI=1S/C28H35N7O2/c1-22(36)34-16-12-25-8-9-26(35(25)17-23-10-13-29-14-11-23)19-32(18-24-5-2-3-6-27(24)34)28(37)7-4-15-33-21-30-20-31-33/h2-3,5-6,10-11,13-14,20-21,25-26H,4,7-9,12,15-19H2,1H3. The second kappa shape index (κ2) is 11.6. The first-order valence-corrected chi connectivity index (χ1v) is 13.2. The molecule has 2 aliphatic rings. The zero-order chi connectivity index (χ0) is 25.6. The van der Waals surface area contributed by atoms with E-state index in [1.807, 2.05) is 46.5 Å². The summed E-state index contributed by atoms with van der Waals surface area (Å²) in [6.07, 6.45) is 11.0. The lowest BCUT2D eigenvalue weighted by molar-refractivity contribution is -0.132. The number of anilines is 1. The van der Waals surface area contributed by atoms with Gasteiger partial charge in [0.25, 0.3) is 0 Å². The first-order valence-electron chi connectivity index (χ1n) is 13.2. The Kier molecular flexibility index (Phi) is 7.89. The Morgan fingerprint density at radius 1 is 1.00 bits per heavy atom. The number of hydrogen-bond donors (Lipinski definition) is 0. The molecule has 0 saturated carbocycles. The molecule has 0 radical (unpaired) electrons. The minimum atomic E-state index is 0.0348. The first-order chi connectivity index (χ1) is 18.1. The maximum atomic E-state index is 13.6. The number of benzene rings is 1. The summed E-state index contributed by atoms with van der Waals surface area (Å²) in [5.74, 6) is 0.170. The van der Waals surface area contributed by atoms with Crippen LogP contribution in [-0.2, 0) is 29.2 Å². The predicted octanol–water partition coefficient (Wildman–Crippen LogP) is 3.27. The largest absolute Gasteiger partial charge is 0.337 e. The monoisotopic (exact) mass is 501 g/mol. The number of nitrogens with zero attached hydrogens (tertiary/aromatic N) is 7. The minimum absolute atomic E-state index is 0.0348. The number of fused-ring (bicyclic) bond motifs is 3. The van der Waals surface area contributed by atoms with Crippen molar-refractivity contribution in [2.75, 3.05) is 18.0 Å². The van der Waals surface area contributed by atoms with Crippen molar-refractivity contribution in [1.82, 2.24) is 29.5 Å². The number of hydrogen-bond acceptors (Lipinski definition) is 6. The number of carbonyl (C=O) groups is 2. The lowest BCUT2D eigenvalue weighted by Gasteiger charge is -2.34. The first kappa shape index (κ1) is 25.1. The third-order valence-corrected chi connectivity index (χ3v) is 7.62. The third kappa shape index (κ3) is 6.05. The molecule has 2 amide bonds. The molecule has 0 spiro atoms. The normalized spacial score (nSPS) is 20.4. The maximum Gasteiger partial charge on any atom is 0.223 e. The molecule has 2 unspecified atom stereocenters. The van der Waals surface area contributed by atoms with Crippen molar-refractivity contribution in [3.05, 3.63) is 72.6 Å². The van der Waals surface area contributed by atoms with Crippen LogP contribution in [0.15, 0.2) is 61.4 Å². The highest BCUT2D eigenvalue weighted by Crippen LogP contribution is 2.32. The minimum Gasteiger partial charge on any atom is -0.337 e. The fourth-order valence-corrected chi connectivity index (χ4v) is 5.72. The Hall–Kier alpha value is -3.59. The summed E-state index contributed by atoms with van der Waals surface area (Å²) in [5, 5.41) is 4.15. The molecule has 0 aliphatic carbocycles. The predicted molar refractivity (Wildman–Crippen MR) is 140 cm³/mol. The fourth-order valence-electron chi connectivity index (χ4n) is 5.72. The van der Waals surface area contributed by atoms with Gasteiger partial charge in [0.1, 0.15) is 12.7 Å². The fraction of sp³-hybridized carbons (Fsp3) is 0.464. The van der Waals surface area contributed by atoms with Crippen molar-refractivity contribution in [3.8, 4) is 0 Å². The number of aromatic nitrogens is 4. The Balaban J connectivity index is 1.42. The maximum absolute atomic E-state index is 13.6. The molecule has 3 aromatic rings. The summed E-state index contributed by atoms with van der Waals surface area (Å²) in [7, 11) is 0. The van der Waals surface area contributed by atoms with Gasteiger partial charge < -0.3 is 9.80 Å². The number of para-hydroxylation sites is 1. The van der Waals surface area contributed by atoms with Crippen LogP contribution in [0.4, 0.5) is 5.69 Å². The molecule has 2 atom stereocenters. The molecule has 1 aromatic carbocycles. The van der Waals surface area contributed by atoms with Crippen LogP contribution < -0.4 is 4.90 Å². The van der Waals surface area contributed by atoms with Crippen LogP contribution in [0.5, 0.6) is 0 Å². The molecular formula is C28H35N7O2. The summed E-state index contributed by atoms with van der Waals surface area (Å²) in [6.45, 7) is 4.95. The van der Waals surface area contributed by atoms with E-state index in [1.165, 1.54) is 11.9 Å². The number of pyridine rings is 1. The molecule has 9 nitrogen and oxygen atoms in total. The molecule has 5 rings (SSSR count). The van der Waals surface area contributed by atoms with E-state index in [0.29, 0.717) is 45.1 Å². The van der Waals surface area contributed by atoms with Gasteiger partial charge in [-0.25, -0.2) is 4.98 Å². The highest BCUT2D eigenvalue weighted by molar-refractivity contribution is 5.92. The zero-order valence-corrected chi connectivity index (χ0v) is 21.4. The number of amides is 2. The van der Waals surface area contributed by atoms with E-state index in [9.17, 15) is 9.59 Å². The van der Waals surface area contributed by atoms with E-state index in [1.54, 1.807) is 17.9 Å². The SMILES string of the molecule is CC(=O)N1CCC2CCC(CN(C(=O)CCCn3cncn3)Cc3ccccc31)N2Cc1ccncc1. The molecule has 194 valence electrons. The molecule has 0 N–H and O–H groups in total. The Labute approximate surface area is 218 Å². The smallest absolute Gasteiger partial charge is 0.223 e. The van der Waals surface area contributed by atoms with Gasteiger partial charge in [0.05, 0.1) is 0 Å². The topological polar surface area (TPSA) is 87.5 Å². The Bertz CT molecular complexity index is 1180. The Morgan fingerprint density at radius 2 is 1.81 bits per heavy atom. The molecule has 37 heavy (non-hydrogen) atoms. The van der Waals surface area contributed by atoms with E-state index < -0.39 is 0 Å². The number of rotatable bonds is 6. The summed E-state index contributed by atoms with van der Waals surface area (Å²) >= 11 is 0. The van der Waals surface area contributed by atoms with Gasteiger partial charge in [0.15, 0.2) is 0 Å². The van der Waals surface area contributed by atoms with Crippen LogP contribution in [0, 0.1) is 0 Å². The number of carbonyl (C=O) groups excluding carboxylic acids is 2. The summed E-state index contributed by atoms with van der Waals surface area (Å²) < 4.78 is 1.76. The van der Waals surface area contributed by atoms with Crippen LogP contribution in [0.3, 0.4) is 0 Å². The second-order valence-electron chi connectivity index (χ2n) is 10.0. The summed E-state index contributed by atoms with van der Waals surface area (Å²) in [5.41, 5.74) is 3.15. The van der Waals surface area contributed by atoms with E-state index in [2.05, 4.69) is 32.1 Å². The highest BCUT2D eigenvalue weighted by Gasteiger charge is 2.36. The van der Waals surface area contributed by atoms with Gasteiger partial charge in [-0.15, -0.1) is 0 Å². The van der Waals surface area contributed by atoms with Crippen molar-refractivity contribution in [3.63, 3.8) is 0 Å². The van der Waals surface area contributed by atoms with Crippen molar-refractivity contribution < 1.29 is 9.59 Å². The highest BCUT2D eigenvalue weighted by atomic mass is 16.2. The molecular weight excluding hydrogens is 466 g/mol. The van der Waals surface area contributed by atoms with Crippen molar-refractivity contribution >= 4 is 17.5 Å². The van der Waals surface area contributed by atoms with Crippen LogP contribution in [0.2, 0.25) is 0 Å². The van der Waals surface area contributed by atoms with Crippen LogP contribution in [-0.4, -0.2) is 66.5 Å². The summed E-state index contributed by atoms with van der Waals surface area (Å²) in [4.78, 5) is 41.0. The van der Waals surface area contributed by atoms with E-state index in [0.717, 1.165) is 37.1 Å². The molecule has 2 aliphatic heterocycles. The molecule has 2 aromatic heterocycles. The molecule has 1 saturated heterocycles. The van der Waals surface area contributed by atoms with Crippen molar-refractivity contribution in [2.24, 2.45) is 0 Å². The lowest BCUT2D eigenvalue weighted by Crippen LogP contribution is -2.45. The Morgan fingerprint density at radius 3 is 2.59 bits per heavy atom. The van der Waals surface area contributed by atoms with Crippen molar-refractivity contribution in [1.29, 1.82) is 0 Å². The van der Waals surface area contributed by atoms with E-state index >= 15 is 0 Å². The average molecular weight is 502 g/mol. The van der Waals surface area contributed by atoms with Gasteiger partial charge in [0, 0.05) is 76.2 Å². The zero-order valence-electron chi connectivity index (χ0n) is 21.4. The van der Waals surface area contributed by atoms with Gasteiger partial charge in [-0.2, -0.15) is 5.10 Å². The average Bonchev–Trinajstić information content (AvgIpc) is 3.54. The number of aryl methyl sites for hydroxylation is 1. The van der Waals surface area contributed by atoms with Crippen LogP contribution in [0.1, 0.15) is 50.2 Å². The van der Waals surface area contributed by atoms with Gasteiger partial charge in [-0.3, -0.25) is 24.2 Å². The van der Waals surface area contributed by atoms with Crippen LogP contribution in [0.25, 0.3) is 0 Å². The summed E-state index contributed by atoms with van der Waals surface area (Å²) in [6, 6.07) is 12.8. The molecule has 2 bridgehead atoms. The third-order valence-electron chi connectivity index (χ3n) is 7.62. The van der Waals surface area contributed by atoms with E-state index in [-0.39, 0.29) is 17.9 Å². The van der Waals surface area contributed by atoms with E-state index in [4.69, 9.17) is 0 Å². The lowest BCUT2D eigenvalue weighted by atomic mass is 10.1. The van der Waals surface area contributed by atoms with Gasteiger partial charge in [-0.05, 0) is 55.0 Å². The van der Waals surface area contributed by atoms with Gasteiger partial charge in [0.2, 0.25) is 11.8 Å². The van der Waals surface area contributed by atoms with Gasteiger partial charge in [-0.1, -0.05) is 18.2 Å². The molecule has 9 heteroatoms. The molecule has 4 heterocycles. The van der Waals surface area contributed by atoms with Crippen LogP contribution >= 0.6 is 0 Å².